The molecular formula is C14H22F3IN4S. The lowest BCUT2D eigenvalue weighted by Crippen LogP contribution is -2.40. The highest BCUT2D eigenvalue weighted by atomic mass is 127. The average Bonchev–Trinajstić information content (AvgIpc) is 2.77. The first-order chi connectivity index (χ1) is 10.4. The van der Waals surface area contributed by atoms with Crippen molar-refractivity contribution >= 4 is 41.3 Å². The maximum Gasteiger partial charge on any atom is 0.434 e. The number of nitrogens with two attached hydrogens (primary N) is 1. The molecule has 0 spiro atoms. The largest absolute Gasteiger partial charge is 0.434 e. The molecule has 0 radical (unpaired) electrons. The SMILES string of the molecule is I.NC(=NCCc1nc(C(F)(F)F)cs1)NC1CCCCCC1. The van der Waals surface area contributed by atoms with Gasteiger partial charge in [-0.15, -0.1) is 35.3 Å². The Hall–Kier alpha value is -0.580. The van der Waals surface area contributed by atoms with Gasteiger partial charge >= 0.3 is 6.18 Å². The lowest BCUT2D eigenvalue weighted by atomic mass is 10.1. The van der Waals surface area contributed by atoms with E-state index in [1.807, 2.05) is 0 Å². The van der Waals surface area contributed by atoms with Crippen molar-refractivity contribution in [1.82, 2.24) is 10.3 Å². The molecule has 1 aliphatic rings. The topological polar surface area (TPSA) is 63.3 Å². The Kier molecular flexibility index (Phi) is 8.59. The molecule has 132 valence electrons. The summed E-state index contributed by atoms with van der Waals surface area (Å²) in [4.78, 5) is 7.75. The number of aliphatic imine (C=N–C) groups is 1. The smallest absolute Gasteiger partial charge is 0.370 e. The number of hydrogen-bond donors (Lipinski definition) is 2. The summed E-state index contributed by atoms with van der Waals surface area (Å²) >= 11 is 1.00. The van der Waals surface area contributed by atoms with Gasteiger partial charge in [-0.05, 0) is 12.8 Å². The second-order valence-corrected chi connectivity index (χ2v) is 6.42. The Morgan fingerprint density at radius 3 is 2.52 bits per heavy atom. The normalized spacial score (nSPS) is 17.4. The van der Waals surface area contributed by atoms with Crippen molar-refractivity contribution in [3.63, 3.8) is 0 Å². The van der Waals surface area contributed by atoms with Crippen molar-refractivity contribution in [3.8, 4) is 0 Å². The summed E-state index contributed by atoms with van der Waals surface area (Å²) < 4.78 is 37.3. The third-order valence-corrected chi connectivity index (χ3v) is 4.57. The van der Waals surface area contributed by atoms with Crippen molar-refractivity contribution in [2.24, 2.45) is 10.7 Å². The molecule has 0 aliphatic heterocycles. The van der Waals surface area contributed by atoms with E-state index in [1.165, 1.54) is 25.7 Å². The molecule has 1 fully saturated rings. The van der Waals surface area contributed by atoms with Crippen LogP contribution in [0.2, 0.25) is 0 Å². The third kappa shape index (κ3) is 7.23. The molecule has 1 aliphatic carbocycles. The molecule has 4 nitrogen and oxygen atoms in total. The molecule has 0 saturated heterocycles. The summed E-state index contributed by atoms with van der Waals surface area (Å²) in [6.07, 6.45) is 3.11. The van der Waals surface area contributed by atoms with Crippen molar-refractivity contribution in [1.29, 1.82) is 0 Å². The van der Waals surface area contributed by atoms with Crippen LogP contribution in [0, 0.1) is 0 Å². The molecule has 0 bridgehead atoms. The molecule has 1 aromatic heterocycles. The van der Waals surface area contributed by atoms with Gasteiger partial charge in [-0.1, -0.05) is 25.7 Å². The fraction of sp³-hybridized carbons (Fsp3) is 0.714. The van der Waals surface area contributed by atoms with Crippen LogP contribution in [-0.2, 0) is 12.6 Å². The molecule has 1 aromatic rings. The van der Waals surface area contributed by atoms with E-state index in [0.717, 1.165) is 29.6 Å². The van der Waals surface area contributed by atoms with E-state index < -0.39 is 11.9 Å². The van der Waals surface area contributed by atoms with Gasteiger partial charge in [0.1, 0.15) is 0 Å². The molecule has 0 unspecified atom stereocenters. The maximum absolute atomic E-state index is 12.4. The summed E-state index contributed by atoms with van der Waals surface area (Å²) in [5, 5.41) is 4.67. The van der Waals surface area contributed by atoms with Gasteiger partial charge in [-0.3, -0.25) is 4.99 Å². The van der Waals surface area contributed by atoms with Crippen LogP contribution in [0.4, 0.5) is 13.2 Å². The number of hydrogen-bond acceptors (Lipinski definition) is 3. The van der Waals surface area contributed by atoms with Gasteiger partial charge in [0, 0.05) is 24.4 Å². The quantitative estimate of drug-likeness (QED) is 0.308. The minimum Gasteiger partial charge on any atom is -0.370 e. The standard InChI is InChI=1S/C14H21F3N4S.HI/c15-14(16,17)11-9-22-12(21-11)7-8-19-13(18)20-10-5-3-1-2-4-6-10;/h9-10H,1-8H2,(H3,18,19,20);1H. The van der Waals surface area contributed by atoms with E-state index in [1.54, 1.807) is 0 Å². The monoisotopic (exact) mass is 462 g/mol. The number of guanidine groups is 1. The van der Waals surface area contributed by atoms with E-state index in [0.29, 0.717) is 30.0 Å². The second kappa shape index (κ2) is 9.65. The summed E-state index contributed by atoms with van der Waals surface area (Å²) in [5.74, 6) is 0.375. The van der Waals surface area contributed by atoms with Crippen molar-refractivity contribution in [2.45, 2.75) is 57.2 Å². The zero-order valence-corrected chi connectivity index (χ0v) is 15.9. The number of aromatic nitrogens is 1. The number of alkyl halides is 3. The first kappa shape index (κ1) is 20.5. The van der Waals surface area contributed by atoms with Crippen LogP contribution in [0.5, 0.6) is 0 Å². The summed E-state index contributed by atoms with van der Waals surface area (Å²) in [7, 11) is 0. The maximum atomic E-state index is 12.4. The lowest BCUT2D eigenvalue weighted by Gasteiger charge is -2.16. The Labute approximate surface area is 155 Å². The van der Waals surface area contributed by atoms with Crippen LogP contribution in [0.3, 0.4) is 0 Å². The zero-order valence-electron chi connectivity index (χ0n) is 12.7. The zero-order chi connectivity index (χ0) is 16.0. The van der Waals surface area contributed by atoms with Crippen LogP contribution in [0.25, 0.3) is 0 Å². The Morgan fingerprint density at radius 2 is 1.96 bits per heavy atom. The number of rotatable bonds is 4. The molecule has 3 N–H and O–H groups in total. The highest BCUT2D eigenvalue weighted by Gasteiger charge is 2.33. The molecule has 1 saturated carbocycles. The predicted octanol–water partition coefficient (Wildman–Crippen LogP) is 3.95. The molecule has 0 amide bonds. The minimum absolute atomic E-state index is 0. The molecule has 0 atom stereocenters. The van der Waals surface area contributed by atoms with E-state index >= 15 is 0 Å². The van der Waals surface area contributed by atoms with Crippen LogP contribution >= 0.6 is 35.3 Å². The molecule has 2 rings (SSSR count). The van der Waals surface area contributed by atoms with Crippen molar-refractivity contribution in [3.05, 3.63) is 16.1 Å². The summed E-state index contributed by atoms with van der Waals surface area (Å²) in [6, 6.07) is 0.364. The summed E-state index contributed by atoms with van der Waals surface area (Å²) in [6.45, 7) is 0.344. The van der Waals surface area contributed by atoms with Gasteiger partial charge in [-0.25, -0.2) is 4.98 Å². The third-order valence-electron chi connectivity index (χ3n) is 3.66. The van der Waals surface area contributed by atoms with Gasteiger partial charge in [0.15, 0.2) is 11.7 Å². The van der Waals surface area contributed by atoms with Gasteiger partial charge in [0.2, 0.25) is 0 Å². The van der Waals surface area contributed by atoms with Crippen molar-refractivity contribution in [2.75, 3.05) is 6.54 Å². The first-order valence-corrected chi connectivity index (χ1v) is 8.41. The van der Waals surface area contributed by atoms with Gasteiger partial charge in [0.25, 0.3) is 0 Å². The fourth-order valence-corrected chi connectivity index (χ4v) is 3.30. The number of thiazole rings is 1. The predicted molar refractivity (Wildman–Crippen MR) is 97.4 cm³/mol. The van der Waals surface area contributed by atoms with Gasteiger partial charge < -0.3 is 11.1 Å². The highest BCUT2D eigenvalue weighted by Crippen LogP contribution is 2.30. The summed E-state index contributed by atoms with van der Waals surface area (Å²) in [5.41, 5.74) is 5.00. The van der Waals surface area contributed by atoms with Crippen molar-refractivity contribution < 1.29 is 13.2 Å². The second-order valence-electron chi connectivity index (χ2n) is 5.47. The van der Waals surface area contributed by atoms with Crippen LogP contribution in [-0.4, -0.2) is 23.5 Å². The van der Waals surface area contributed by atoms with Crippen LogP contribution in [0.15, 0.2) is 10.4 Å². The van der Waals surface area contributed by atoms with Crippen LogP contribution < -0.4 is 11.1 Å². The molecule has 23 heavy (non-hydrogen) atoms. The lowest BCUT2D eigenvalue weighted by molar-refractivity contribution is -0.140. The molecule has 0 aromatic carbocycles. The van der Waals surface area contributed by atoms with E-state index in [2.05, 4.69) is 15.3 Å². The number of nitrogens with one attached hydrogen (secondary N) is 1. The Bertz CT molecular complexity index is 496. The van der Waals surface area contributed by atoms with E-state index in [-0.39, 0.29) is 24.0 Å². The van der Waals surface area contributed by atoms with Gasteiger partial charge in [0.05, 0.1) is 5.01 Å². The number of halogens is 4. The Morgan fingerprint density at radius 1 is 1.30 bits per heavy atom. The average molecular weight is 462 g/mol. The highest BCUT2D eigenvalue weighted by molar-refractivity contribution is 14.0. The molecule has 1 heterocycles. The van der Waals surface area contributed by atoms with Crippen LogP contribution in [0.1, 0.15) is 49.2 Å². The fourth-order valence-electron chi connectivity index (χ4n) is 2.51. The van der Waals surface area contributed by atoms with E-state index in [9.17, 15) is 13.2 Å². The van der Waals surface area contributed by atoms with E-state index in [4.69, 9.17) is 5.73 Å². The van der Waals surface area contributed by atoms with Gasteiger partial charge in [-0.2, -0.15) is 13.2 Å². The first-order valence-electron chi connectivity index (χ1n) is 7.53. The molecule has 9 heteroatoms. The number of nitrogens with zero attached hydrogens (tertiary/aromatic N) is 2. The minimum atomic E-state index is -4.38. The Balaban J connectivity index is 0.00000264. The molecular weight excluding hydrogens is 440 g/mol.